The predicted octanol–water partition coefficient (Wildman–Crippen LogP) is 2.15. The molecule has 0 aliphatic rings. The van der Waals surface area contributed by atoms with E-state index in [9.17, 15) is 18.0 Å². The van der Waals surface area contributed by atoms with Crippen LogP contribution < -0.4 is 10.6 Å². The highest BCUT2D eigenvalue weighted by Crippen LogP contribution is 2.36. The fraction of sp³-hybridized carbons (Fsp3) is 0.154. The van der Waals surface area contributed by atoms with Crippen molar-refractivity contribution in [2.45, 2.75) is 13.1 Å². The summed E-state index contributed by atoms with van der Waals surface area (Å²) in [6, 6.07) is 5.04. The Kier molecular flexibility index (Phi) is 4.78. The summed E-state index contributed by atoms with van der Waals surface area (Å²) in [4.78, 5) is 11.0. The minimum atomic E-state index is -4.66. The maximum Gasteiger partial charge on any atom is 0.418 e. The van der Waals surface area contributed by atoms with Crippen molar-refractivity contribution in [2.24, 2.45) is 0 Å². The summed E-state index contributed by atoms with van der Waals surface area (Å²) >= 11 is 0. The summed E-state index contributed by atoms with van der Waals surface area (Å²) in [6.45, 7) is 1.11. The lowest BCUT2D eigenvalue weighted by Crippen LogP contribution is -2.14. The maximum absolute atomic E-state index is 13.1. The van der Waals surface area contributed by atoms with E-state index < -0.39 is 17.6 Å². The first-order chi connectivity index (χ1) is 11.3. The standard InChI is InChI=1S/C13H10F3N7O/c1-7(24)19-11-3-2-9(4-10(11)13(14,15)16)18-6-8(5-17)12-20-22-23-21-12/h2-4,6,18H,1H3,(H,19,24)(H,20,21,22,23). The highest BCUT2D eigenvalue weighted by molar-refractivity contribution is 5.90. The van der Waals surface area contributed by atoms with E-state index in [0.717, 1.165) is 25.3 Å². The number of nitriles is 1. The first kappa shape index (κ1) is 16.9. The van der Waals surface area contributed by atoms with Gasteiger partial charge in [0, 0.05) is 18.8 Å². The van der Waals surface area contributed by atoms with Crippen LogP contribution in [0.4, 0.5) is 24.5 Å². The van der Waals surface area contributed by atoms with Gasteiger partial charge in [0.25, 0.3) is 0 Å². The Labute approximate surface area is 133 Å². The fourth-order valence-corrected chi connectivity index (χ4v) is 1.75. The van der Waals surface area contributed by atoms with Gasteiger partial charge >= 0.3 is 6.18 Å². The molecule has 1 heterocycles. The van der Waals surface area contributed by atoms with Crippen LogP contribution >= 0.6 is 0 Å². The Bertz CT molecular complexity index is 806. The van der Waals surface area contributed by atoms with Crippen LogP contribution in [0.5, 0.6) is 0 Å². The van der Waals surface area contributed by atoms with Crippen LogP contribution in [0.1, 0.15) is 18.3 Å². The van der Waals surface area contributed by atoms with Gasteiger partial charge in [-0.25, -0.2) is 0 Å². The third kappa shape index (κ3) is 4.07. The van der Waals surface area contributed by atoms with Crippen LogP contribution in [-0.2, 0) is 11.0 Å². The lowest BCUT2D eigenvalue weighted by molar-refractivity contribution is -0.136. The number of benzene rings is 1. The Hall–Kier alpha value is -3.42. The van der Waals surface area contributed by atoms with Crippen molar-refractivity contribution in [3.05, 3.63) is 35.8 Å². The fourth-order valence-electron chi connectivity index (χ4n) is 1.75. The number of carbonyl (C=O) groups excluding carboxylic acids is 1. The van der Waals surface area contributed by atoms with Crippen molar-refractivity contribution in [1.82, 2.24) is 20.6 Å². The van der Waals surface area contributed by atoms with Gasteiger partial charge in [-0.05, 0) is 23.4 Å². The SMILES string of the molecule is CC(=O)Nc1ccc(NC=C(C#N)c2nn[nH]n2)cc1C(F)(F)F. The normalized spacial score (nSPS) is 11.7. The molecule has 1 aromatic heterocycles. The van der Waals surface area contributed by atoms with E-state index in [-0.39, 0.29) is 22.8 Å². The third-order valence-corrected chi connectivity index (χ3v) is 2.73. The first-order valence-electron chi connectivity index (χ1n) is 6.40. The zero-order valence-corrected chi connectivity index (χ0v) is 12.1. The van der Waals surface area contributed by atoms with Crippen molar-refractivity contribution in [3.63, 3.8) is 0 Å². The molecule has 1 amide bonds. The summed E-state index contributed by atoms with van der Waals surface area (Å²) in [5, 5.41) is 26.3. The molecule has 1 aromatic carbocycles. The number of hydrogen-bond donors (Lipinski definition) is 3. The van der Waals surface area contributed by atoms with Crippen LogP contribution in [0.2, 0.25) is 0 Å². The smallest absolute Gasteiger partial charge is 0.360 e. The molecule has 0 saturated heterocycles. The van der Waals surface area contributed by atoms with Gasteiger partial charge in [0.15, 0.2) is 0 Å². The molecule has 0 bridgehead atoms. The monoisotopic (exact) mass is 337 g/mol. The van der Waals surface area contributed by atoms with Crippen molar-refractivity contribution in [2.75, 3.05) is 10.6 Å². The topological polar surface area (TPSA) is 119 Å². The molecule has 124 valence electrons. The third-order valence-electron chi connectivity index (χ3n) is 2.73. The minimum absolute atomic E-state index is 0.00379. The number of nitrogens with zero attached hydrogens (tertiary/aromatic N) is 4. The molecule has 2 rings (SSSR count). The molecule has 24 heavy (non-hydrogen) atoms. The number of alkyl halides is 3. The van der Waals surface area contributed by atoms with Crippen molar-refractivity contribution < 1.29 is 18.0 Å². The number of halogens is 3. The largest absolute Gasteiger partial charge is 0.418 e. The quantitative estimate of drug-likeness (QED) is 0.736. The zero-order valence-electron chi connectivity index (χ0n) is 12.1. The lowest BCUT2D eigenvalue weighted by Gasteiger charge is -2.14. The van der Waals surface area contributed by atoms with E-state index in [2.05, 4.69) is 31.3 Å². The van der Waals surface area contributed by atoms with E-state index in [1.807, 2.05) is 0 Å². The molecule has 0 radical (unpaired) electrons. The molecule has 0 spiro atoms. The molecule has 0 fully saturated rings. The van der Waals surface area contributed by atoms with Crippen LogP contribution in [0, 0.1) is 11.3 Å². The molecule has 2 aromatic rings. The number of tetrazole rings is 1. The summed E-state index contributed by atoms with van der Waals surface area (Å²) in [5.74, 6) is -0.624. The number of hydrogen-bond acceptors (Lipinski definition) is 6. The number of rotatable bonds is 4. The molecule has 11 heteroatoms. The molecule has 8 nitrogen and oxygen atoms in total. The van der Waals surface area contributed by atoms with Gasteiger partial charge in [-0.1, -0.05) is 0 Å². The highest BCUT2D eigenvalue weighted by Gasteiger charge is 2.34. The Morgan fingerprint density at radius 1 is 1.42 bits per heavy atom. The summed E-state index contributed by atoms with van der Waals surface area (Å²) in [5.41, 5.74) is -1.34. The Morgan fingerprint density at radius 3 is 2.71 bits per heavy atom. The molecule has 0 aliphatic carbocycles. The van der Waals surface area contributed by atoms with E-state index in [0.29, 0.717) is 0 Å². The number of nitrogens with one attached hydrogen (secondary N) is 3. The number of amides is 1. The number of H-pyrrole nitrogens is 1. The average molecular weight is 337 g/mol. The summed E-state index contributed by atoms with van der Waals surface area (Å²) in [6.07, 6.45) is -3.51. The molecular formula is C13H10F3N7O. The Morgan fingerprint density at radius 2 is 2.17 bits per heavy atom. The lowest BCUT2D eigenvalue weighted by atomic mass is 10.1. The molecule has 3 N–H and O–H groups in total. The minimum Gasteiger partial charge on any atom is -0.360 e. The molecule has 0 aliphatic heterocycles. The zero-order chi connectivity index (χ0) is 17.7. The summed E-state index contributed by atoms with van der Waals surface area (Å²) < 4.78 is 39.3. The van der Waals surface area contributed by atoms with Crippen LogP contribution in [0.25, 0.3) is 5.57 Å². The van der Waals surface area contributed by atoms with Crippen molar-refractivity contribution in [1.29, 1.82) is 5.26 Å². The molecule has 0 atom stereocenters. The van der Waals surface area contributed by atoms with Crippen molar-refractivity contribution >= 4 is 22.9 Å². The number of allylic oxidation sites excluding steroid dienone is 1. The van der Waals surface area contributed by atoms with E-state index in [1.165, 1.54) is 6.07 Å². The number of carbonyl (C=O) groups is 1. The van der Waals surface area contributed by atoms with Gasteiger partial charge in [0.2, 0.25) is 11.7 Å². The van der Waals surface area contributed by atoms with Gasteiger partial charge in [-0.2, -0.15) is 23.6 Å². The van der Waals surface area contributed by atoms with Gasteiger partial charge < -0.3 is 10.6 Å². The molecule has 0 unspecified atom stereocenters. The van der Waals surface area contributed by atoms with Crippen molar-refractivity contribution in [3.8, 4) is 6.07 Å². The van der Waals surface area contributed by atoms with Gasteiger partial charge in [-0.15, -0.1) is 10.2 Å². The van der Waals surface area contributed by atoms with E-state index in [4.69, 9.17) is 5.26 Å². The van der Waals surface area contributed by atoms with Crippen LogP contribution in [0.3, 0.4) is 0 Å². The van der Waals surface area contributed by atoms with E-state index in [1.54, 1.807) is 6.07 Å². The van der Waals surface area contributed by atoms with Gasteiger partial charge in [0.05, 0.1) is 11.3 Å². The molecular weight excluding hydrogens is 327 g/mol. The average Bonchev–Trinajstić information content (AvgIpc) is 3.01. The Balaban J connectivity index is 2.32. The van der Waals surface area contributed by atoms with Gasteiger partial charge in [0.1, 0.15) is 11.6 Å². The second kappa shape index (κ2) is 6.78. The number of aromatic nitrogens is 4. The van der Waals surface area contributed by atoms with Gasteiger partial charge in [-0.3, -0.25) is 4.79 Å². The summed E-state index contributed by atoms with van der Waals surface area (Å²) in [7, 11) is 0. The second-order valence-electron chi connectivity index (χ2n) is 4.49. The second-order valence-corrected chi connectivity index (χ2v) is 4.49. The predicted molar refractivity (Wildman–Crippen MR) is 77.1 cm³/mol. The van der Waals surface area contributed by atoms with Crippen LogP contribution in [-0.4, -0.2) is 26.5 Å². The first-order valence-corrected chi connectivity index (χ1v) is 6.40. The highest BCUT2D eigenvalue weighted by atomic mass is 19.4. The van der Waals surface area contributed by atoms with E-state index >= 15 is 0 Å². The van der Waals surface area contributed by atoms with Crippen LogP contribution in [0.15, 0.2) is 24.4 Å². The molecule has 0 saturated carbocycles. The number of aromatic amines is 1. The maximum atomic E-state index is 13.1. The number of anilines is 2.